The van der Waals surface area contributed by atoms with Gasteiger partial charge in [-0.15, -0.1) is 0 Å². The van der Waals surface area contributed by atoms with Gasteiger partial charge in [-0.1, -0.05) is 19.1 Å². The van der Waals surface area contributed by atoms with E-state index >= 15 is 0 Å². The molecule has 0 amide bonds. The maximum Gasteiger partial charge on any atom is 0.116 e. The number of nitrogens with zero attached hydrogens (tertiary/aromatic N) is 1. The lowest BCUT2D eigenvalue weighted by Gasteiger charge is -2.06. The standard InChI is InChI=1S/C8H13N3S/c1-3-4-11-6(2)7(5-9)8(10)12/h11H,3-4H2,1-2H3,(H2,10,12)/b7-6+. The van der Waals surface area contributed by atoms with Crippen molar-refractivity contribution in [1.82, 2.24) is 5.32 Å². The Hall–Kier alpha value is -1.08. The summed E-state index contributed by atoms with van der Waals surface area (Å²) in [6.45, 7) is 4.68. The van der Waals surface area contributed by atoms with Crippen LogP contribution >= 0.6 is 12.2 Å². The summed E-state index contributed by atoms with van der Waals surface area (Å²) in [5.41, 5.74) is 6.46. The van der Waals surface area contributed by atoms with Crippen LogP contribution in [-0.4, -0.2) is 11.5 Å². The summed E-state index contributed by atoms with van der Waals surface area (Å²) in [6, 6.07) is 1.96. The fourth-order valence-electron chi connectivity index (χ4n) is 0.725. The fraction of sp³-hybridized carbons (Fsp3) is 0.500. The quantitative estimate of drug-likeness (QED) is 0.389. The molecule has 12 heavy (non-hydrogen) atoms. The van der Waals surface area contributed by atoms with Gasteiger partial charge in [0.2, 0.25) is 0 Å². The van der Waals surface area contributed by atoms with E-state index in [4.69, 9.17) is 23.2 Å². The molecule has 0 fully saturated rings. The molecule has 0 aliphatic heterocycles. The second-order valence-corrected chi connectivity index (χ2v) is 2.84. The number of rotatable bonds is 4. The van der Waals surface area contributed by atoms with Crippen LogP contribution in [0.15, 0.2) is 11.3 Å². The molecule has 0 unspecified atom stereocenters. The Bertz CT molecular complexity index is 237. The van der Waals surface area contributed by atoms with Crippen molar-refractivity contribution < 1.29 is 0 Å². The average Bonchev–Trinajstić information content (AvgIpc) is 2.01. The van der Waals surface area contributed by atoms with Gasteiger partial charge in [-0.2, -0.15) is 5.26 Å². The first-order valence-electron chi connectivity index (χ1n) is 3.78. The van der Waals surface area contributed by atoms with E-state index < -0.39 is 0 Å². The molecule has 3 N–H and O–H groups in total. The van der Waals surface area contributed by atoms with Crippen LogP contribution in [0.5, 0.6) is 0 Å². The van der Waals surface area contributed by atoms with E-state index in [0.717, 1.165) is 18.7 Å². The highest BCUT2D eigenvalue weighted by Crippen LogP contribution is 1.99. The van der Waals surface area contributed by atoms with Gasteiger partial charge >= 0.3 is 0 Å². The molecule has 3 nitrogen and oxygen atoms in total. The zero-order valence-corrected chi connectivity index (χ0v) is 8.16. The molecular weight excluding hydrogens is 170 g/mol. The molecule has 0 aromatic rings. The maximum absolute atomic E-state index is 8.65. The molecule has 0 saturated heterocycles. The van der Waals surface area contributed by atoms with Crippen molar-refractivity contribution in [3.05, 3.63) is 11.3 Å². The molecule has 0 aliphatic rings. The lowest BCUT2D eigenvalue weighted by Crippen LogP contribution is -2.19. The SMILES string of the molecule is CCCN/C(C)=C(\C#N)C(N)=S. The monoisotopic (exact) mass is 183 g/mol. The van der Waals surface area contributed by atoms with Crippen LogP contribution in [0.2, 0.25) is 0 Å². The van der Waals surface area contributed by atoms with Crippen molar-refractivity contribution in [3.63, 3.8) is 0 Å². The van der Waals surface area contributed by atoms with Gasteiger partial charge in [-0.3, -0.25) is 0 Å². The summed E-state index contributed by atoms with van der Waals surface area (Å²) in [5, 5.41) is 11.7. The predicted octanol–water partition coefficient (Wildman–Crippen LogP) is 1.07. The first-order valence-corrected chi connectivity index (χ1v) is 4.19. The van der Waals surface area contributed by atoms with Crippen molar-refractivity contribution in [2.24, 2.45) is 5.73 Å². The largest absolute Gasteiger partial charge is 0.389 e. The summed E-state index contributed by atoms with van der Waals surface area (Å²) < 4.78 is 0. The molecule has 0 bridgehead atoms. The van der Waals surface area contributed by atoms with Gasteiger partial charge < -0.3 is 11.1 Å². The number of hydrogen-bond donors (Lipinski definition) is 2. The minimum atomic E-state index is 0.151. The molecule has 0 atom stereocenters. The molecule has 0 heterocycles. The van der Waals surface area contributed by atoms with Crippen molar-refractivity contribution in [2.45, 2.75) is 20.3 Å². The number of nitrogens with one attached hydrogen (secondary N) is 1. The van der Waals surface area contributed by atoms with E-state index in [1.54, 1.807) is 6.92 Å². The minimum absolute atomic E-state index is 0.151. The third-order valence-corrected chi connectivity index (χ3v) is 1.58. The average molecular weight is 183 g/mol. The lowest BCUT2D eigenvalue weighted by atomic mass is 10.2. The zero-order chi connectivity index (χ0) is 9.56. The highest BCUT2D eigenvalue weighted by molar-refractivity contribution is 7.80. The van der Waals surface area contributed by atoms with Crippen LogP contribution in [0.1, 0.15) is 20.3 Å². The number of nitrogens with two attached hydrogens (primary N) is 1. The number of nitriles is 1. The highest BCUT2D eigenvalue weighted by Gasteiger charge is 2.03. The maximum atomic E-state index is 8.65. The van der Waals surface area contributed by atoms with Crippen LogP contribution < -0.4 is 11.1 Å². The van der Waals surface area contributed by atoms with E-state index in [1.807, 2.05) is 13.0 Å². The summed E-state index contributed by atoms with van der Waals surface area (Å²) in [4.78, 5) is 0.151. The summed E-state index contributed by atoms with van der Waals surface area (Å²) in [5.74, 6) is 0. The van der Waals surface area contributed by atoms with Gasteiger partial charge in [-0.05, 0) is 13.3 Å². The molecule has 0 rings (SSSR count). The van der Waals surface area contributed by atoms with Crippen LogP contribution in [0.25, 0.3) is 0 Å². The Kier molecular flexibility index (Phi) is 5.06. The number of hydrogen-bond acceptors (Lipinski definition) is 3. The second kappa shape index (κ2) is 5.56. The van der Waals surface area contributed by atoms with Gasteiger partial charge in [0.05, 0.1) is 0 Å². The van der Waals surface area contributed by atoms with Crippen molar-refractivity contribution >= 4 is 17.2 Å². The second-order valence-electron chi connectivity index (χ2n) is 2.40. The molecule has 0 aromatic heterocycles. The lowest BCUT2D eigenvalue weighted by molar-refractivity contribution is 0.767. The summed E-state index contributed by atoms with van der Waals surface area (Å²) >= 11 is 4.70. The van der Waals surface area contributed by atoms with E-state index in [9.17, 15) is 0 Å². The molecule has 4 heteroatoms. The molecule has 0 aromatic carbocycles. The van der Waals surface area contributed by atoms with Crippen LogP contribution in [-0.2, 0) is 0 Å². The normalized spacial score (nSPS) is 11.4. The number of allylic oxidation sites excluding steroid dienone is 1. The van der Waals surface area contributed by atoms with Crippen molar-refractivity contribution in [1.29, 1.82) is 5.26 Å². The third kappa shape index (κ3) is 3.35. The molecule has 0 saturated carbocycles. The van der Waals surface area contributed by atoms with Gasteiger partial charge in [0.1, 0.15) is 16.6 Å². The van der Waals surface area contributed by atoms with Gasteiger partial charge in [0.25, 0.3) is 0 Å². The summed E-state index contributed by atoms with van der Waals surface area (Å²) in [7, 11) is 0. The Morgan fingerprint density at radius 2 is 2.25 bits per heavy atom. The first-order chi connectivity index (χ1) is 5.63. The van der Waals surface area contributed by atoms with Gasteiger partial charge in [-0.25, -0.2) is 0 Å². The van der Waals surface area contributed by atoms with Gasteiger partial charge in [0, 0.05) is 12.2 Å². The molecule has 0 radical (unpaired) electrons. The Morgan fingerprint density at radius 3 is 2.58 bits per heavy atom. The topological polar surface area (TPSA) is 61.8 Å². The van der Waals surface area contributed by atoms with Crippen molar-refractivity contribution in [2.75, 3.05) is 6.54 Å². The van der Waals surface area contributed by atoms with Gasteiger partial charge in [0.15, 0.2) is 0 Å². The molecule has 0 aliphatic carbocycles. The van der Waals surface area contributed by atoms with Crippen LogP contribution in [0.4, 0.5) is 0 Å². The smallest absolute Gasteiger partial charge is 0.116 e. The number of thiocarbonyl (C=S) groups is 1. The van der Waals surface area contributed by atoms with Crippen molar-refractivity contribution in [3.8, 4) is 6.07 Å². The van der Waals surface area contributed by atoms with Crippen LogP contribution in [0, 0.1) is 11.3 Å². The predicted molar refractivity (Wildman–Crippen MR) is 53.4 cm³/mol. The van der Waals surface area contributed by atoms with E-state index in [1.165, 1.54) is 0 Å². The minimum Gasteiger partial charge on any atom is -0.389 e. The van der Waals surface area contributed by atoms with E-state index in [0.29, 0.717) is 5.57 Å². The third-order valence-electron chi connectivity index (χ3n) is 1.37. The zero-order valence-electron chi connectivity index (χ0n) is 7.35. The van der Waals surface area contributed by atoms with Crippen LogP contribution in [0.3, 0.4) is 0 Å². The highest BCUT2D eigenvalue weighted by atomic mass is 32.1. The van der Waals surface area contributed by atoms with E-state index in [2.05, 4.69) is 5.32 Å². The Labute approximate surface area is 78.2 Å². The fourth-order valence-corrected chi connectivity index (χ4v) is 0.923. The molecule has 0 spiro atoms. The Balaban J connectivity index is 4.42. The van der Waals surface area contributed by atoms with E-state index in [-0.39, 0.29) is 4.99 Å². The Morgan fingerprint density at radius 1 is 1.67 bits per heavy atom. The molecule has 66 valence electrons. The first kappa shape index (κ1) is 10.9. The molecular formula is C8H13N3S. The summed E-state index contributed by atoms with van der Waals surface area (Å²) in [6.07, 6.45) is 1.01.